The molecule has 1 aliphatic rings. The highest BCUT2D eigenvalue weighted by Crippen LogP contribution is 2.43. The van der Waals surface area contributed by atoms with Crippen molar-refractivity contribution in [3.63, 3.8) is 0 Å². The van der Waals surface area contributed by atoms with Gasteiger partial charge >= 0.3 is 0 Å². The highest BCUT2D eigenvalue weighted by molar-refractivity contribution is 7.85. The Labute approximate surface area is 216 Å². The molecule has 0 radical (unpaired) electrons. The molecule has 6 rings (SSSR count). The average molecular weight is 523 g/mol. The molecule has 0 saturated heterocycles. The number of H-pyrrole nitrogens is 1. The molecule has 1 aromatic heterocycles. The molecule has 0 atom stereocenters. The maximum atomic E-state index is 13.8. The summed E-state index contributed by atoms with van der Waals surface area (Å²) in [6, 6.07) is 24.0. The van der Waals surface area contributed by atoms with E-state index in [2.05, 4.69) is 10.3 Å². The number of nitrogens with one attached hydrogen (secondary N) is 2. The second-order valence-electron chi connectivity index (χ2n) is 8.81. The van der Waals surface area contributed by atoms with Crippen LogP contribution in [0, 0.1) is 0 Å². The largest absolute Gasteiger partial charge is 0.355 e. The minimum atomic E-state index is -4.36. The summed E-state index contributed by atoms with van der Waals surface area (Å²) in [7, 11) is -4.36. The third kappa shape index (κ3) is 3.73. The Morgan fingerprint density at radius 1 is 0.763 bits per heavy atom. The number of anilines is 2. The number of carbonyl (C=O) groups is 2. The molecule has 0 saturated carbocycles. The van der Waals surface area contributed by atoms with Crippen molar-refractivity contribution in [1.82, 2.24) is 4.98 Å². The van der Waals surface area contributed by atoms with Crippen molar-refractivity contribution in [3.05, 3.63) is 124 Å². The van der Waals surface area contributed by atoms with E-state index in [9.17, 15) is 27.4 Å². The van der Waals surface area contributed by atoms with E-state index in [0.717, 1.165) is 0 Å². The van der Waals surface area contributed by atoms with Gasteiger partial charge in [0, 0.05) is 33.3 Å². The maximum Gasteiger partial charge on any atom is 0.294 e. The predicted octanol–water partition coefficient (Wildman–Crippen LogP) is 4.96. The average Bonchev–Trinajstić information content (AvgIpc) is 2.92. The van der Waals surface area contributed by atoms with Crippen molar-refractivity contribution in [2.45, 2.75) is 4.90 Å². The van der Waals surface area contributed by atoms with Crippen LogP contribution < -0.4 is 10.9 Å². The van der Waals surface area contributed by atoms with Crippen molar-refractivity contribution in [2.75, 3.05) is 5.32 Å². The van der Waals surface area contributed by atoms with Gasteiger partial charge in [-0.2, -0.15) is 8.42 Å². The van der Waals surface area contributed by atoms with E-state index in [0.29, 0.717) is 44.5 Å². The Balaban J connectivity index is 1.62. The van der Waals surface area contributed by atoms with Crippen molar-refractivity contribution < 1.29 is 22.6 Å². The van der Waals surface area contributed by atoms with Gasteiger partial charge in [0.1, 0.15) is 0 Å². The van der Waals surface area contributed by atoms with Crippen LogP contribution in [0.3, 0.4) is 0 Å². The Morgan fingerprint density at radius 2 is 1.42 bits per heavy atom. The van der Waals surface area contributed by atoms with Gasteiger partial charge in [-0.05, 0) is 42.0 Å². The fourth-order valence-corrected chi connectivity index (χ4v) is 5.33. The first-order valence-corrected chi connectivity index (χ1v) is 13.0. The molecule has 0 aliphatic heterocycles. The van der Waals surface area contributed by atoms with Crippen molar-refractivity contribution in [2.24, 2.45) is 0 Å². The predicted molar refractivity (Wildman–Crippen MR) is 143 cm³/mol. The first kappa shape index (κ1) is 23.5. The summed E-state index contributed by atoms with van der Waals surface area (Å²) in [5, 5.41) is 3.57. The third-order valence-corrected chi connectivity index (χ3v) is 7.41. The van der Waals surface area contributed by atoms with E-state index in [1.807, 2.05) is 0 Å². The standard InChI is InChI=1S/C29H18N2O6S/c32-27(16-6-2-1-3-7-16)26-23-19-8-4-5-9-20(19)28(33)25-22(15-14-21(24(23)25)31-29(26)34)30-17-10-12-18(13-11-17)38(35,36)37/h1-15,30H,(H,31,34)(H,35,36,37). The van der Waals surface area contributed by atoms with Crippen molar-refractivity contribution in [1.29, 1.82) is 0 Å². The van der Waals surface area contributed by atoms with Gasteiger partial charge in [-0.15, -0.1) is 0 Å². The molecular formula is C29H18N2O6S. The fourth-order valence-electron chi connectivity index (χ4n) is 4.85. The molecule has 1 heterocycles. The Bertz CT molecular complexity index is 1960. The molecule has 3 N–H and O–H groups in total. The summed E-state index contributed by atoms with van der Waals surface area (Å²) in [5.41, 5.74) is 2.51. The normalized spacial score (nSPS) is 12.3. The van der Waals surface area contributed by atoms with Crippen LogP contribution in [0.15, 0.2) is 101 Å². The third-order valence-electron chi connectivity index (χ3n) is 6.54. The highest BCUT2D eigenvalue weighted by Gasteiger charge is 2.33. The van der Waals surface area contributed by atoms with Crippen LogP contribution >= 0.6 is 0 Å². The summed E-state index contributed by atoms with van der Waals surface area (Å²) < 4.78 is 32.1. The summed E-state index contributed by atoms with van der Waals surface area (Å²) in [6.07, 6.45) is 0. The van der Waals surface area contributed by atoms with E-state index in [1.165, 1.54) is 24.3 Å². The lowest BCUT2D eigenvalue weighted by atomic mass is 9.80. The second kappa shape index (κ2) is 8.62. The molecule has 0 spiro atoms. The zero-order valence-corrected chi connectivity index (χ0v) is 20.4. The number of benzene rings is 4. The van der Waals surface area contributed by atoms with Crippen LogP contribution in [0.25, 0.3) is 22.0 Å². The van der Waals surface area contributed by atoms with E-state index in [4.69, 9.17) is 0 Å². The fraction of sp³-hybridized carbons (Fsp3) is 0. The highest BCUT2D eigenvalue weighted by atomic mass is 32.2. The molecule has 0 unspecified atom stereocenters. The zero-order chi connectivity index (χ0) is 26.6. The van der Waals surface area contributed by atoms with Crippen molar-refractivity contribution in [3.8, 4) is 11.1 Å². The van der Waals surface area contributed by atoms with E-state index >= 15 is 0 Å². The van der Waals surface area contributed by atoms with Gasteiger partial charge in [0.25, 0.3) is 15.7 Å². The van der Waals surface area contributed by atoms with Crippen LogP contribution in [0.4, 0.5) is 11.4 Å². The second-order valence-corrected chi connectivity index (χ2v) is 10.2. The number of aromatic amines is 1. The van der Waals surface area contributed by atoms with Gasteiger partial charge in [-0.3, -0.25) is 18.9 Å². The Hall–Kier alpha value is -4.86. The number of ketones is 2. The Morgan fingerprint density at radius 3 is 2.11 bits per heavy atom. The maximum absolute atomic E-state index is 13.8. The summed E-state index contributed by atoms with van der Waals surface area (Å²) >= 11 is 0. The number of hydrogen-bond acceptors (Lipinski definition) is 6. The molecule has 9 heteroatoms. The lowest BCUT2D eigenvalue weighted by Gasteiger charge is -2.24. The van der Waals surface area contributed by atoms with Gasteiger partial charge < -0.3 is 10.3 Å². The quantitative estimate of drug-likeness (QED) is 0.215. The molecular weight excluding hydrogens is 504 g/mol. The lowest BCUT2D eigenvalue weighted by Crippen LogP contribution is -2.24. The van der Waals surface area contributed by atoms with Crippen LogP contribution in [-0.4, -0.2) is 29.5 Å². The van der Waals surface area contributed by atoms with Crippen LogP contribution in [0.1, 0.15) is 31.8 Å². The number of rotatable bonds is 5. The lowest BCUT2D eigenvalue weighted by molar-refractivity contribution is 0.102. The molecule has 1 aliphatic carbocycles. The monoisotopic (exact) mass is 522 g/mol. The number of fused-ring (bicyclic) bond motifs is 2. The summed E-state index contributed by atoms with van der Waals surface area (Å²) in [6.45, 7) is 0. The number of carbonyl (C=O) groups excluding carboxylic acids is 2. The number of aromatic nitrogens is 1. The minimum Gasteiger partial charge on any atom is -0.355 e. The van der Waals surface area contributed by atoms with Gasteiger partial charge in [-0.1, -0.05) is 54.6 Å². The zero-order valence-electron chi connectivity index (χ0n) is 19.6. The van der Waals surface area contributed by atoms with Crippen LogP contribution in [0.5, 0.6) is 0 Å². The molecule has 8 nitrogen and oxygen atoms in total. The van der Waals surface area contributed by atoms with Gasteiger partial charge in [0.05, 0.1) is 21.7 Å². The minimum absolute atomic E-state index is 0.0560. The number of hydrogen-bond donors (Lipinski definition) is 3. The van der Waals surface area contributed by atoms with Crippen molar-refractivity contribution >= 4 is 44.0 Å². The van der Waals surface area contributed by atoms with Gasteiger partial charge in [-0.25, -0.2) is 0 Å². The number of pyridine rings is 1. The molecule has 0 bridgehead atoms. The Kier molecular flexibility index (Phi) is 5.34. The SMILES string of the molecule is O=C(c1ccccc1)c1c2c3c(c(Nc4ccc(S(=O)(=O)O)cc4)ccc3[nH]c1=O)C(=O)c1ccccc1-2. The molecule has 5 aromatic rings. The van der Waals surface area contributed by atoms with Crippen LogP contribution in [0.2, 0.25) is 0 Å². The smallest absolute Gasteiger partial charge is 0.294 e. The first-order valence-electron chi connectivity index (χ1n) is 11.6. The topological polar surface area (TPSA) is 133 Å². The molecule has 186 valence electrons. The first-order chi connectivity index (χ1) is 18.2. The van der Waals surface area contributed by atoms with Crippen LogP contribution in [-0.2, 0) is 10.1 Å². The molecule has 4 aromatic carbocycles. The van der Waals surface area contributed by atoms with E-state index in [1.54, 1.807) is 66.7 Å². The molecule has 0 fully saturated rings. The van der Waals surface area contributed by atoms with Gasteiger partial charge in [0.2, 0.25) is 0 Å². The van der Waals surface area contributed by atoms with Gasteiger partial charge in [0.15, 0.2) is 11.6 Å². The molecule has 0 amide bonds. The summed E-state index contributed by atoms with van der Waals surface area (Å²) in [4.78, 5) is 43.2. The molecule has 38 heavy (non-hydrogen) atoms. The summed E-state index contributed by atoms with van der Waals surface area (Å²) in [5.74, 6) is -0.751. The van der Waals surface area contributed by atoms with E-state index < -0.39 is 21.5 Å². The van der Waals surface area contributed by atoms with E-state index in [-0.39, 0.29) is 21.8 Å².